The fourth-order valence-electron chi connectivity index (χ4n) is 2.78. The van der Waals surface area contributed by atoms with Crippen molar-refractivity contribution in [2.75, 3.05) is 17.6 Å². The van der Waals surface area contributed by atoms with Crippen LogP contribution in [0.1, 0.15) is 57.6 Å². The Kier molecular flexibility index (Phi) is 5.99. The highest BCUT2D eigenvalue weighted by Gasteiger charge is 2.09. The fraction of sp³-hybridized carbons (Fsp3) is 0.556. The molecule has 0 bridgehead atoms. The van der Waals surface area contributed by atoms with E-state index in [0.29, 0.717) is 11.8 Å². The molecule has 0 saturated heterocycles. The first-order chi connectivity index (χ1) is 10.7. The van der Waals surface area contributed by atoms with Crippen LogP contribution in [-0.4, -0.2) is 16.5 Å². The van der Waals surface area contributed by atoms with E-state index in [-0.39, 0.29) is 0 Å². The summed E-state index contributed by atoms with van der Waals surface area (Å²) < 4.78 is 0. The van der Waals surface area contributed by atoms with Crippen molar-refractivity contribution in [3.05, 3.63) is 23.3 Å². The van der Waals surface area contributed by atoms with Gasteiger partial charge in [0, 0.05) is 11.9 Å². The molecule has 0 aliphatic carbocycles. The molecule has 0 radical (unpaired) electrons. The summed E-state index contributed by atoms with van der Waals surface area (Å²) in [5, 5.41) is 4.26. The van der Waals surface area contributed by atoms with Crippen molar-refractivity contribution in [3.63, 3.8) is 0 Å². The van der Waals surface area contributed by atoms with Crippen LogP contribution in [0.5, 0.6) is 0 Å². The van der Waals surface area contributed by atoms with Gasteiger partial charge in [0.15, 0.2) is 0 Å². The number of aromatic nitrogens is 2. The second kappa shape index (κ2) is 7.97. The summed E-state index contributed by atoms with van der Waals surface area (Å²) in [6.45, 7) is 7.47. The van der Waals surface area contributed by atoms with Gasteiger partial charge in [-0.15, -0.1) is 0 Å². The van der Waals surface area contributed by atoms with Gasteiger partial charge in [0.25, 0.3) is 0 Å². The Bertz CT molecular complexity index is 622. The number of aryl methyl sites for hydroxylation is 2. The standard InChI is InChI=1S/C18H28N4/c1-4-7-8-9-10-20-18-21-16-12-14(6-3)13(5-2)11-15(16)17(19)22-18/h11-12H,4-10H2,1-3H3,(H3,19,20,21,22). The number of nitrogens with zero attached hydrogens (tertiary/aromatic N) is 2. The average Bonchev–Trinajstić information content (AvgIpc) is 2.53. The number of unbranched alkanes of at least 4 members (excludes halogenated alkanes) is 3. The maximum Gasteiger partial charge on any atom is 0.225 e. The molecule has 0 amide bonds. The van der Waals surface area contributed by atoms with E-state index in [9.17, 15) is 0 Å². The van der Waals surface area contributed by atoms with Crippen molar-refractivity contribution in [2.24, 2.45) is 0 Å². The van der Waals surface area contributed by atoms with Crippen LogP contribution in [0.25, 0.3) is 10.9 Å². The van der Waals surface area contributed by atoms with Crippen LogP contribution in [0.2, 0.25) is 0 Å². The van der Waals surface area contributed by atoms with Crippen LogP contribution in [0.4, 0.5) is 11.8 Å². The summed E-state index contributed by atoms with van der Waals surface area (Å²) in [4.78, 5) is 9.04. The topological polar surface area (TPSA) is 63.8 Å². The van der Waals surface area contributed by atoms with Gasteiger partial charge in [-0.05, 0) is 42.5 Å². The van der Waals surface area contributed by atoms with E-state index in [1.165, 1.54) is 30.4 Å². The van der Waals surface area contributed by atoms with E-state index < -0.39 is 0 Å². The Labute approximate surface area is 133 Å². The molecule has 0 spiro atoms. The van der Waals surface area contributed by atoms with Gasteiger partial charge >= 0.3 is 0 Å². The first-order valence-electron chi connectivity index (χ1n) is 8.52. The molecule has 22 heavy (non-hydrogen) atoms. The molecule has 0 atom stereocenters. The predicted octanol–water partition coefficient (Wildman–Crippen LogP) is 4.33. The largest absolute Gasteiger partial charge is 0.383 e. The Balaban J connectivity index is 2.20. The number of benzene rings is 1. The third-order valence-corrected chi connectivity index (χ3v) is 4.12. The van der Waals surface area contributed by atoms with Gasteiger partial charge in [-0.1, -0.05) is 40.0 Å². The molecule has 3 N–H and O–H groups in total. The third kappa shape index (κ3) is 3.87. The number of fused-ring (bicyclic) bond motifs is 1. The number of hydrogen-bond acceptors (Lipinski definition) is 4. The number of nitrogens with one attached hydrogen (secondary N) is 1. The molecular formula is C18H28N4. The molecule has 4 heteroatoms. The molecule has 0 saturated carbocycles. The minimum absolute atomic E-state index is 0.568. The van der Waals surface area contributed by atoms with Crippen molar-refractivity contribution in [3.8, 4) is 0 Å². The quantitative estimate of drug-likeness (QED) is 0.712. The average molecular weight is 300 g/mol. The summed E-state index contributed by atoms with van der Waals surface area (Å²) in [6.07, 6.45) is 6.94. The van der Waals surface area contributed by atoms with Crippen molar-refractivity contribution in [2.45, 2.75) is 59.3 Å². The SMILES string of the molecule is CCCCCCNc1nc(N)c2cc(CC)c(CC)cc2n1. The van der Waals surface area contributed by atoms with E-state index in [1.807, 2.05) is 0 Å². The lowest BCUT2D eigenvalue weighted by molar-refractivity contribution is 0.683. The van der Waals surface area contributed by atoms with Gasteiger partial charge in [0.05, 0.1) is 5.52 Å². The van der Waals surface area contributed by atoms with Crippen molar-refractivity contribution >= 4 is 22.7 Å². The van der Waals surface area contributed by atoms with Crippen molar-refractivity contribution < 1.29 is 0 Å². The van der Waals surface area contributed by atoms with E-state index in [0.717, 1.165) is 36.7 Å². The second-order valence-electron chi connectivity index (χ2n) is 5.77. The minimum atomic E-state index is 0.568. The van der Waals surface area contributed by atoms with E-state index in [2.05, 4.69) is 48.2 Å². The molecule has 2 rings (SSSR count). The number of nitrogen functional groups attached to an aromatic ring is 1. The molecule has 120 valence electrons. The van der Waals surface area contributed by atoms with E-state index in [1.54, 1.807) is 0 Å². The molecule has 0 unspecified atom stereocenters. The Morgan fingerprint density at radius 2 is 1.68 bits per heavy atom. The van der Waals surface area contributed by atoms with Crippen LogP contribution in [-0.2, 0) is 12.8 Å². The zero-order chi connectivity index (χ0) is 15.9. The van der Waals surface area contributed by atoms with Gasteiger partial charge in [-0.25, -0.2) is 4.98 Å². The number of rotatable bonds is 8. The zero-order valence-corrected chi connectivity index (χ0v) is 14.1. The third-order valence-electron chi connectivity index (χ3n) is 4.12. The summed E-state index contributed by atoms with van der Waals surface area (Å²) in [5.41, 5.74) is 9.76. The molecule has 1 heterocycles. The Hall–Kier alpha value is -1.84. The van der Waals surface area contributed by atoms with Gasteiger partial charge in [0.2, 0.25) is 5.95 Å². The highest BCUT2D eigenvalue weighted by molar-refractivity contribution is 5.90. The molecular weight excluding hydrogens is 272 g/mol. The van der Waals surface area contributed by atoms with Gasteiger partial charge in [-0.3, -0.25) is 0 Å². The lowest BCUT2D eigenvalue weighted by atomic mass is 10.0. The van der Waals surface area contributed by atoms with E-state index in [4.69, 9.17) is 5.73 Å². The van der Waals surface area contributed by atoms with Crippen LogP contribution in [0.15, 0.2) is 12.1 Å². The van der Waals surface area contributed by atoms with Gasteiger partial charge < -0.3 is 11.1 Å². The smallest absolute Gasteiger partial charge is 0.225 e. The zero-order valence-electron chi connectivity index (χ0n) is 14.1. The summed E-state index contributed by atoms with van der Waals surface area (Å²) in [7, 11) is 0. The molecule has 2 aromatic rings. The maximum atomic E-state index is 6.13. The monoisotopic (exact) mass is 300 g/mol. The first-order valence-corrected chi connectivity index (χ1v) is 8.52. The lowest BCUT2D eigenvalue weighted by Crippen LogP contribution is -2.08. The van der Waals surface area contributed by atoms with Crippen LogP contribution in [0.3, 0.4) is 0 Å². The summed E-state index contributed by atoms with van der Waals surface area (Å²) in [6, 6.07) is 4.31. The fourth-order valence-corrected chi connectivity index (χ4v) is 2.78. The molecule has 0 aliphatic rings. The van der Waals surface area contributed by atoms with E-state index >= 15 is 0 Å². The second-order valence-corrected chi connectivity index (χ2v) is 5.77. The number of anilines is 2. The molecule has 0 aliphatic heterocycles. The van der Waals surface area contributed by atoms with Gasteiger partial charge in [0.1, 0.15) is 5.82 Å². The number of hydrogen-bond donors (Lipinski definition) is 2. The van der Waals surface area contributed by atoms with Crippen LogP contribution >= 0.6 is 0 Å². The Morgan fingerprint density at radius 1 is 0.955 bits per heavy atom. The normalized spacial score (nSPS) is 11.0. The predicted molar refractivity (Wildman–Crippen MR) is 95.3 cm³/mol. The van der Waals surface area contributed by atoms with Crippen molar-refractivity contribution in [1.82, 2.24) is 9.97 Å². The van der Waals surface area contributed by atoms with Gasteiger partial charge in [-0.2, -0.15) is 4.98 Å². The maximum absolute atomic E-state index is 6.13. The Morgan fingerprint density at radius 3 is 2.36 bits per heavy atom. The van der Waals surface area contributed by atoms with Crippen LogP contribution < -0.4 is 11.1 Å². The minimum Gasteiger partial charge on any atom is -0.383 e. The van der Waals surface area contributed by atoms with Crippen LogP contribution in [0, 0.1) is 0 Å². The lowest BCUT2D eigenvalue weighted by Gasteiger charge is -2.11. The molecule has 0 fully saturated rings. The summed E-state index contributed by atoms with van der Waals surface area (Å²) >= 11 is 0. The highest BCUT2D eigenvalue weighted by Crippen LogP contribution is 2.24. The molecule has 1 aromatic heterocycles. The molecule has 4 nitrogen and oxygen atoms in total. The number of nitrogens with two attached hydrogens (primary N) is 1. The molecule has 1 aromatic carbocycles. The highest BCUT2D eigenvalue weighted by atomic mass is 15.1. The van der Waals surface area contributed by atoms with Crippen molar-refractivity contribution in [1.29, 1.82) is 0 Å². The summed E-state index contributed by atoms with van der Waals surface area (Å²) in [5.74, 6) is 1.21. The first kappa shape index (κ1) is 16.5.